The van der Waals surface area contributed by atoms with E-state index < -0.39 is 21.9 Å². The third-order valence-corrected chi connectivity index (χ3v) is 7.79. The van der Waals surface area contributed by atoms with Crippen LogP contribution in [0.1, 0.15) is 29.8 Å². The van der Waals surface area contributed by atoms with E-state index in [9.17, 15) is 13.2 Å². The van der Waals surface area contributed by atoms with E-state index in [1.54, 1.807) is 24.3 Å². The number of hydrogen-bond acceptors (Lipinski definition) is 9. The molecule has 1 fully saturated rings. The van der Waals surface area contributed by atoms with Crippen LogP contribution in [0.4, 0.5) is 17.6 Å². The normalized spacial score (nSPS) is 15.0. The Balaban J connectivity index is 1.33. The molecular formula is C24H28N6O4S. The summed E-state index contributed by atoms with van der Waals surface area (Å²) < 4.78 is 32.6. The summed E-state index contributed by atoms with van der Waals surface area (Å²) in [5.74, 6) is -0.321. The molecule has 184 valence electrons. The van der Waals surface area contributed by atoms with Gasteiger partial charge in [-0.15, -0.1) is 0 Å². The van der Waals surface area contributed by atoms with Crippen molar-refractivity contribution in [2.75, 3.05) is 24.1 Å². The van der Waals surface area contributed by atoms with Crippen LogP contribution in [0.3, 0.4) is 0 Å². The molecule has 1 aliphatic heterocycles. The van der Waals surface area contributed by atoms with Gasteiger partial charge in [-0.3, -0.25) is 4.79 Å². The van der Waals surface area contributed by atoms with Crippen molar-refractivity contribution >= 4 is 33.6 Å². The second-order valence-corrected chi connectivity index (χ2v) is 10.4. The van der Waals surface area contributed by atoms with Crippen molar-refractivity contribution in [2.45, 2.75) is 38.2 Å². The van der Waals surface area contributed by atoms with Gasteiger partial charge in [-0.2, -0.15) is 19.3 Å². The lowest BCUT2D eigenvalue weighted by Gasteiger charge is -2.30. The lowest BCUT2D eigenvalue weighted by molar-refractivity contribution is -0.151. The van der Waals surface area contributed by atoms with Crippen molar-refractivity contribution in [1.82, 2.24) is 19.3 Å². The monoisotopic (exact) mass is 496 g/mol. The number of benzene rings is 2. The molecule has 0 atom stereocenters. The first-order chi connectivity index (χ1) is 16.7. The molecule has 0 saturated carbocycles. The fourth-order valence-electron chi connectivity index (χ4n) is 3.84. The molecule has 0 aliphatic carbocycles. The van der Waals surface area contributed by atoms with E-state index in [-0.39, 0.29) is 42.3 Å². The molecule has 0 amide bonds. The number of nitrogens with two attached hydrogens (primary N) is 1. The molecule has 10 nitrogen and oxygen atoms in total. The number of sulfonamides is 1. The summed E-state index contributed by atoms with van der Waals surface area (Å²) in [5.41, 5.74) is 8.63. The zero-order valence-electron chi connectivity index (χ0n) is 19.6. The highest BCUT2D eigenvalue weighted by Gasteiger charge is 2.32. The van der Waals surface area contributed by atoms with Crippen LogP contribution in [-0.4, -0.2) is 46.7 Å². The summed E-state index contributed by atoms with van der Waals surface area (Å²) in [6, 6.07) is 14.4. The number of hydrogen-bond donors (Lipinski definition) is 2. The number of para-hydroxylation sites is 1. The molecule has 2 heterocycles. The Labute approximate surface area is 204 Å². The third kappa shape index (κ3) is 5.92. The molecule has 1 saturated heterocycles. The molecule has 4 rings (SSSR count). The first kappa shape index (κ1) is 24.6. The van der Waals surface area contributed by atoms with Crippen LogP contribution in [0, 0.1) is 19.8 Å². The Hall–Kier alpha value is -3.57. The Morgan fingerprint density at radius 3 is 2.43 bits per heavy atom. The zero-order chi connectivity index (χ0) is 25.0. The van der Waals surface area contributed by atoms with Gasteiger partial charge in [0.05, 0.1) is 10.8 Å². The molecular weight excluding hydrogens is 468 g/mol. The van der Waals surface area contributed by atoms with E-state index in [4.69, 9.17) is 10.5 Å². The SMILES string of the molecule is Cc1ccc(S(=O)(=O)N2CCC(C(=O)OCc3nc(N)nc(Nc4ccccc4C)n3)CC2)cc1. The molecule has 1 aromatic heterocycles. The minimum atomic E-state index is -3.59. The molecule has 0 spiro atoms. The number of esters is 1. The number of rotatable bonds is 7. The molecule has 35 heavy (non-hydrogen) atoms. The third-order valence-electron chi connectivity index (χ3n) is 5.88. The van der Waals surface area contributed by atoms with Crippen molar-refractivity contribution in [2.24, 2.45) is 5.92 Å². The van der Waals surface area contributed by atoms with E-state index in [1.165, 1.54) is 4.31 Å². The van der Waals surface area contributed by atoms with E-state index in [1.807, 2.05) is 38.1 Å². The van der Waals surface area contributed by atoms with Crippen LogP contribution < -0.4 is 11.1 Å². The molecule has 3 aromatic rings. The van der Waals surface area contributed by atoms with Crippen molar-refractivity contribution in [3.8, 4) is 0 Å². The van der Waals surface area contributed by atoms with Crippen molar-refractivity contribution in [3.63, 3.8) is 0 Å². The average molecular weight is 497 g/mol. The number of nitrogens with zero attached hydrogens (tertiary/aromatic N) is 4. The predicted octanol–water partition coefficient (Wildman–Crippen LogP) is 2.96. The highest BCUT2D eigenvalue weighted by molar-refractivity contribution is 7.89. The molecule has 0 unspecified atom stereocenters. The van der Waals surface area contributed by atoms with Crippen LogP contribution in [0.2, 0.25) is 0 Å². The van der Waals surface area contributed by atoms with Crippen molar-refractivity contribution < 1.29 is 17.9 Å². The fourth-order valence-corrected chi connectivity index (χ4v) is 5.31. The van der Waals surface area contributed by atoms with E-state index in [2.05, 4.69) is 20.3 Å². The minimum absolute atomic E-state index is 0.0109. The van der Waals surface area contributed by atoms with Gasteiger partial charge < -0.3 is 15.8 Å². The highest BCUT2D eigenvalue weighted by atomic mass is 32.2. The Kier molecular flexibility index (Phi) is 7.27. The number of nitrogens with one attached hydrogen (secondary N) is 1. The van der Waals surface area contributed by atoms with Gasteiger partial charge in [0.15, 0.2) is 12.4 Å². The molecule has 3 N–H and O–H groups in total. The predicted molar refractivity (Wildman–Crippen MR) is 131 cm³/mol. The Morgan fingerprint density at radius 1 is 1.06 bits per heavy atom. The van der Waals surface area contributed by atoms with E-state index in [0.29, 0.717) is 12.8 Å². The first-order valence-corrected chi connectivity index (χ1v) is 12.7. The highest BCUT2D eigenvalue weighted by Crippen LogP contribution is 2.25. The van der Waals surface area contributed by atoms with Crippen LogP contribution in [0.5, 0.6) is 0 Å². The van der Waals surface area contributed by atoms with Gasteiger partial charge in [0.2, 0.25) is 21.9 Å². The van der Waals surface area contributed by atoms with Crippen LogP contribution in [-0.2, 0) is 26.2 Å². The van der Waals surface area contributed by atoms with Gasteiger partial charge in [0.25, 0.3) is 0 Å². The number of carbonyl (C=O) groups is 1. The standard InChI is InChI=1S/C24H28N6O4S/c1-16-7-9-19(10-8-16)35(32,33)30-13-11-18(12-14-30)22(31)34-15-21-27-23(25)29-24(28-21)26-20-6-4-3-5-17(20)2/h3-10,18H,11-15H2,1-2H3,(H3,25,26,27,28,29). The van der Waals surface area contributed by atoms with Gasteiger partial charge in [-0.25, -0.2) is 8.42 Å². The molecule has 0 radical (unpaired) electrons. The summed E-state index contributed by atoms with van der Waals surface area (Å²) in [5, 5.41) is 3.09. The summed E-state index contributed by atoms with van der Waals surface area (Å²) in [4.78, 5) is 25.3. The minimum Gasteiger partial charge on any atom is -0.457 e. The average Bonchev–Trinajstić information content (AvgIpc) is 2.84. The van der Waals surface area contributed by atoms with Gasteiger partial charge in [0.1, 0.15) is 0 Å². The second kappa shape index (κ2) is 10.4. The van der Waals surface area contributed by atoms with E-state index >= 15 is 0 Å². The van der Waals surface area contributed by atoms with E-state index in [0.717, 1.165) is 16.8 Å². The van der Waals surface area contributed by atoms with Gasteiger partial charge in [-0.1, -0.05) is 35.9 Å². The summed E-state index contributed by atoms with van der Waals surface area (Å²) >= 11 is 0. The summed E-state index contributed by atoms with van der Waals surface area (Å²) in [7, 11) is -3.59. The number of anilines is 3. The number of aromatic nitrogens is 3. The van der Waals surface area contributed by atoms with Crippen molar-refractivity contribution in [3.05, 3.63) is 65.5 Å². The maximum Gasteiger partial charge on any atom is 0.309 e. The topological polar surface area (TPSA) is 140 Å². The number of carbonyl (C=O) groups excluding carboxylic acids is 1. The second-order valence-electron chi connectivity index (χ2n) is 8.47. The lowest BCUT2D eigenvalue weighted by Crippen LogP contribution is -2.40. The Bertz CT molecular complexity index is 1310. The smallest absolute Gasteiger partial charge is 0.309 e. The quantitative estimate of drug-likeness (QED) is 0.472. The van der Waals surface area contributed by atoms with Crippen LogP contribution >= 0.6 is 0 Å². The summed E-state index contributed by atoms with van der Waals surface area (Å²) in [6.45, 7) is 4.20. The number of ether oxygens (including phenoxy) is 1. The zero-order valence-corrected chi connectivity index (χ0v) is 20.5. The van der Waals surface area contributed by atoms with Gasteiger partial charge >= 0.3 is 5.97 Å². The largest absolute Gasteiger partial charge is 0.457 e. The number of nitrogen functional groups attached to an aromatic ring is 1. The Morgan fingerprint density at radius 2 is 1.74 bits per heavy atom. The van der Waals surface area contributed by atoms with Gasteiger partial charge in [0, 0.05) is 18.8 Å². The molecule has 0 bridgehead atoms. The van der Waals surface area contributed by atoms with Gasteiger partial charge in [-0.05, 0) is 50.5 Å². The van der Waals surface area contributed by atoms with Crippen molar-refractivity contribution in [1.29, 1.82) is 0 Å². The van der Waals surface area contributed by atoms with Crippen LogP contribution in [0.25, 0.3) is 0 Å². The fraction of sp³-hybridized carbons (Fsp3) is 0.333. The lowest BCUT2D eigenvalue weighted by atomic mass is 9.98. The number of aryl methyl sites for hydroxylation is 2. The van der Waals surface area contributed by atoms with Crippen LogP contribution in [0.15, 0.2) is 53.4 Å². The molecule has 2 aromatic carbocycles. The maximum atomic E-state index is 12.9. The number of piperidine rings is 1. The molecule has 1 aliphatic rings. The first-order valence-electron chi connectivity index (χ1n) is 11.3. The maximum absolute atomic E-state index is 12.9. The molecule has 11 heteroatoms. The summed E-state index contributed by atoms with van der Waals surface area (Å²) in [6.07, 6.45) is 0.757.